The van der Waals surface area contributed by atoms with Crippen molar-refractivity contribution < 1.29 is 18.7 Å². The zero-order chi connectivity index (χ0) is 15.2. The fourth-order valence-corrected chi connectivity index (χ4v) is 3.21. The Hall–Kier alpha value is -2.25. The number of H-pyrrole nitrogens is 1. The van der Waals surface area contributed by atoms with Crippen LogP contribution in [0.1, 0.15) is 36.9 Å². The average molecular weight is 296 g/mol. The zero-order valence-corrected chi connectivity index (χ0v) is 11.1. The average Bonchev–Trinajstić information content (AvgIpc) is 3.01. The summed E-state index contributed by atoms with van der Waals surface area (Å²) in [6.45, 7) is 0. The Bertz CT molecular complexity index is 729. The van der Waals surface area contributed by atoms with Gasteiger partial charge < -0.3 is 4.74 Å². The number of nitrogens with zero attached hydrogens (tertiary/aromatic N) is 1. The van der Waals surface area contributed by atoms with Gasteiger partial charge in [0.15, 0.2) is 0 Å². The molecule has 2 fully saturated rings. The first kappa shape index (κ1) is 13.7. The second-order valence-corrected chi connectivity index (χ2v) is 5.45. The number of aromatic nitrogens is 2. The van der Waals surface area contributed by atoms with E-state index in [2.05, 4.69) is 0 Å². The Kier molecular flexibility index (Phi) is 3.03. The summed E-state index contributed by atoms with van der Waals surface area (Å²) < 4.78 is 19.1. The molecule has 1 aliphatic heterocycles. The fraction of sp³-hybridized carbons (Fsp3) is 0.538. The highest BCUT2D eigenvalue weighted by molar-refractivity contribution is 5.89. The minimum absolute atomic E-state index is 0.133. The van der Waals surface area contributed by atoms with Gasteiger partial charge in [0.05, 0.1) is 18.5 Å². The molecule has 7 nitrogen and oxygen atoms in total. The maximum absolute atomic E-state index is 13.3. The van der Waals surface area contributed by atoms with Crippen LogP contribution in [0, 0.1) is 11.7 Å². The van der Waals surface area contributed by atoms with Crippen LogP contribution in [0.3, 0.4) is 0 Å². The molecule has 0 bridgehead atoms. The van der Waals surface area contributed by atoms with Gasteiger partial charge in [0.2, 0.25) is 11.7 Å². The summed E-state index contributed by atoms with van der Waals surface area (Å²) in [6, 6.07) is 0. The number of nitrogens with one attached hydrogen (secondary N) is 1. The summed E-state index contributed by atoms with van der Waals surface area (Å²) in [6.07, 6.45) is 3.18. The Balaban J connectivity index is 2.02. The van der Waals surface area contributed by atoms with Crippen molar-refractivity contribution in [2.24, 2.45) is 5.92 Å². The Labute approximate surface area is 117 Å². The van der Waals surface area contributed by atoms with Gasteiger partial charge in [-0.3, -0.25) is 19.4 Å². The highest BCUT2D eigenvalue weighted by Gasteiger charge is 2.54. The second-order valence-electron chi connectivity index (χ2n) is 5.45. The molecule has 2 heterocycles. The molecule has 0 radical (unpaired) electrons. The van der Waals surface area contributed by atoms with Crippen LogP contribution in [0.2, 0.25) is 0 Å². The lowest BCUT2D eigenvalue weighted by Gasteiger charge is -2.27. The molecule has 112 valence electrons. The van der Waals surface area contributed by atoms with Crippen LogP contribution in [0.25, 0.3) is 0 Å². The molecular weight excluding hydrogens is 283 g/mol. The van der Waals surface area contributed by atoms with Gasteiger partial charge in [-0.05, 0) is 25.7 Å². The van der Waals surface area contributed by atoms with Crippen molar-refractivity contribution in [3.8, 4) is 0 Å². The van der Waals surface area contributed by atoms with Gasteiger partial charge in [-0.1, -0.05) is 0 Å². The van der Waals surface area contributed by atoms with Gasteiger partial charge in [-0.15, -0.1) is 0 Å². The molecule has 1 aromatic heterocycles. The SMILES string of the molecule is O=C1CC(C(=O)n2cc(F)c(=O)[nH]c2=O)C2(CCCC2)O1. The van der Waals surface area contributed by atoms with Crippen LogP contribution in [0.5, 0.6) is 0 Å². The monoisotopic (exact) mass is 296 g/mol. The second kappa shape index (κ2) is 4.64. The van der Waals surface area contributed by atoms with Crippen LogP contribution >= 0.6 is 0 Å². The van der Waals surface area contributed by atoms with Crippen LogP contribution < -0.4 is 11.2 Å². The lowest BCUT2D eigenvalue weighted by Crippen LogP contribution is -2.44. The third-order valence-electron chi connectivity index (χ3n) is 4.21. The molecule has 2 aliphatic rings. The maximum Gasteiger partial charge on any atom is 0.335 e. The highest BCUT2D eigenvalue weighted by Crippen LogP contribution is 2.45. The van der Waals surface area contributed by atoms with E-state index in [0.29, 0.717) is 23.6 Å². The summed E-state index contributed by atoms with van der Waals surface area (Å²) in [5, 5.41) is 0. The van der Waals surface area contributed by atoms with Gasteiger partial charge >= 0.3 is 11.7 Å². The standard InChI is InChI=1S/C13H13FN2O5/c14-8-6-16(12(20)15-10(8)18)11(19)7-5-9(17)21-13(7)3-1-2-4-13/h6-7H,1-5H2,(H,15,18,20). The van der Waals surface area contributed by atoms with E-state index in [1.807, 2.05) is 0 Å². The normalized spacial score (nSPS) is 23.5. The molecule has 1 atom stereocenters. The van der Waals surface area contributed by atoms with E-state index in [1.54, 1.807) is 4.98 Å². The van der Waals surface area contributed by atoms with Crippen molar-refractivity contribution in [3.05, 3.63) is 32.9 Å². The van der Waals surface area contributed by atoms with E-state index in [1.165, 1.54) is 0 Å². The van der Waals surface area contributed by atoms with E-state index in [-0.39, 0.29) is 6.42 Å². The molecule has 1 aromatic rings. The number of aromatic amines is 1. The number of carbonyl (C=O) groups is 2. The van der Waals surface area contributed by atoms with E-state index in [4.69, 9.17) is 4.74 Å². The molecule has 21 heavy (non-hydrogen) atoms. The molecular formula is C13H13FN2O5. The van der Waals surface area contributed by atoms with Crippen LogP contribution in [0.15, 0.2) is 15.8 Å². The summed E-state index contributed by atoms with van der Waals surface area (Å²) in [5.74, 6) is -3.26. The molecule has 1 spiro atoms. The molecule has 1 saturated heterocycles. The molecule has 1 saturated carbocycles. The number of halogens is 1. The van der Waals surface area contributed by atoms with Crippen molar-refractivity contribution in [2.75, 3.05) is 0 Å². The van der Waals surface area contributed by atoms with Crippen LogP contribution in [-0.2, 0) is 9.53 Å². The number of hydrogen-bond acceptors (Lipinski definition) is 5. The van der Waals surface area contributed by atoms with E-state index >= 15 is 0 Å². The third kappa shape index (κ3) is 2.10. The number of rotatable bonds is 1. The minimum atomic E-state index is -1.23. The zero-order valence-electron chi connectivity index (χ0n) is 11.1. The minimum Gasteiger partial charge on any atom is -0.458 e. The smallest absolute Gasteiger partial charge is 0.335 e. The van der Waals surface area contributed by atoms with Gasteiger partial charge in [0, 0.05) is 0 Å². The highest BCUT2D eigenvalue weighted by atomic mass is 19.1. The van der Waals surface area contributed by atoms with Crippen molar-refractivity contribution >= 4 is 11.9 Å². The third-order valence-corrected chi connectivity index (χ3v) is 4.21. The van der Waals surface area contributed by atoms with Crippen molar-refractivity contribution in [1.29, 1.82) is 0 Å². The van der Waals surface area contributed by atoms with Crippen molar-refractivity contribution in [2.45, 2.75) is 37.7 Å². The lowest BCUT2D eigenvalue weighted by molar-refractivity contribution is -0.148. The quantitative estimate of drug-likeness (QED) is 0.746. The van der Waals surface area contributed by atoms with E-state index in [9.17, 15) is 23.6 Å². The summed E-state index contributed by atoms with van der Waals surface area (Å²) in [5.41, 5.74) is -3.09. The van der Waals surface area contributed by atoms with Crippen LogP contribution in [-0.4, -0.2) is 27.0 Å². The predicted molar refractivity (Wildman–Crippen MR) is 67.3 cm³/mol. The van der Waals surface area contributed by atoms with E-state index < -0.39 is 40.5 Å². The molecule has 0 aromatic carbocycles. The number of ether oxygens (including phenoxy) is 1. The Morgan fingerprint density at radius 2 is 2.00 bits per heavy atom. The molecule has 8 heteroatoms. The molecule has 3 rings (SSSR count). The number of esters is 1. The summed E-state index contributed by atoms with van der Waals surface area (Å²) in [4.78, 5) is 48.4. The first-order valence-corrected chi connectivity index (χ1v) is 6.70. The van der Waals surface area contributed by atoms with Gasteiger partial charge in [0.1, 0.15) is 5.60 Å². The Morgan fingerprint density at radius 3 is 2.67 bits per heavy atom. The van der Waals surface area contributed by atoms with Gasteiger partial charge in [-0.25, -0.2) is 9.36 Å². The van der Waals surface area contributed by atoms with Crippen molar-refractivity contribution in [3.63, 3.8) is 0 Å². The predicted octanol–water partition coefficient (Wildman–Crippen LogP) is 0.192. The van der Waals surface area contributed by atoms with E-state index in [0.717, 1.165) is 12.8 Å². The Morgan fingerprint density at radius 1 is 1.33 bits per heavy atom. The molecule has 1 unspecified atom stereocenters. The van der Waals surface area contributed by atoms with Crippen molar-refractivity contribution in [1.82, 2.24) is 9.55 Å². The number of hydrogen-bond donors (Lipinski definition) is 1. The van der Waals surface area contributed by atoms with Gasteiger partial charge in [-0.2, -0.15) is 4.39 Å². The maximum atomic E-state index is 13.3. The topological polar surface area (TPSA) is 98.2 Å². The first-order chi connectivity index (χ1) is 9.93. The summed E-state index contributed by atoms with van der Waals surface area (Å²) in [7, 11) is 0. The van der Waals surface area contributed by atoms with Gasteiger partial charge in [0.25, 0.3) is 5.56 Å². The molecule has 0 amide bonds. The first-order valence-electron chi connectivity index (χ1n) is 6.70. The molecule has 1 aliphatic carbocycles. The fourth-order valence-electron chi connectivity index (χ4n) is 3.21. The number of carbonyl (C=O) groups excluding carboxylic acids is 2. The summed E-state index contributed by atoms with van der Waals surface area (Å²) >= 11 is 0. The largest absolute Gasteiger partial charge is 0.458 e. The lowest BCUT2D eigenvalue weighted by atomic mass is 9.85. The molecule has 1 N–H and O–H groups in total. The van der Waals surface area contributed by atoms with Crippen LogP contribution in [0.4, 0.5) is 4.39 Å².